The van der Waals surface area contributed by atoms with Gasteiger partial charge in [0.1, 0.15) is 11.6 Å². The number of nitrogens with one attached hydrogen (secondary N) is 2. The van der Waals surface area contributed by atoms with Gasteiger partial charge in [-0.15, -0.1) is 0 Å². The van der Waals surface area contributed by atoms with Crippen molar-refractivity contribution in [3.05, 3.63) is 6.07 Å². The van der Waals surface area contributed by atoms with Crippen molar-refractivity contribution in [1.29, 1.82) is 0 Å². The van der Waals surface area contributed by atoms with Crippen LogP contribution in [0.5, 0.6) is 0 Å². The fourth-order valence-electron chi connectivity index (χ4n) is 4.74. The van der Waals surface area contributed by atoms with E-state index in [4.69, 9.17) is 26.9 Å². The van der Waals surface area contributed by atoms with Crippen LogP contribution in [0.15, 0.2) is 6.07 Å². The smallest absolute Gasteiger partial charge is 0.232 e. The van der Waals surface area contributed by atoms with Crippen LogP contribution in [-0.2, 0) is 4.74 Å². The van der Waals surface area contributed by atoms with Crippen molar-refractivity contribution in [3.63, 3.8) is 0 Å². The minimum Gasteiger partial charge on any atom is -0.379 e. The van der Waals surface area contributed by atoms with E-state index in [9.17, 15) is 0 Å². The van der Waals surface area contributed by atoms with Gasteiger partial charge >= 0.3 is 0 Å². The number of hydrogen-bond acceptors (Lipinski definition) is 7. The third kappa shape index (κ3) is 6.65. The van der Waals surface area contributed by atoms with E-state index < -0.39 is 0 Å². The van der Waals surface area contributed by atoms with Crippen LogP contribution < -0.4 is 20.4 Å². The summed E-state index contributed by atoms with van der Waals surface area (Å²) in [5, 5.41) is 7.16. The van der Waals surface area contributed by atoms with E-state index in [2.05, 4.69) is 45.2 Å². The van der Waals surface area contributed by atoms with Crippen LogP contribution in [0, 0.1) is 11.8 Å². The summed E-state index contributed by atoms with van der Waals surface area (Å²) < 4.78 is 5.42. The molecule has 2 N–H and O–H groups in total. The molecule has 3 saturated heterocycles. The molecule has 32 heavy (non-hydrogen) atoms. The van der Waals surface area contributed by atoms with Gasteiger partial charge in [0, 0.05) is 58.4 Å². The molecule has 3 aliphatic rings. The fourth-order valence-corrected chi connectivity index (χ4v) is 4.93. The lowest BCUT2D eigenvalue weighted by Gasteiger charge is -2.34. The number of aromatic nitrogens is 2. The highest BCUT2D eigenvalue weighted by Crippen LogP contribution is 2.28. The summed E-state index contributed by atoms with van der Waals surface area (Å²) in [6.45, 7) is 14.2. The Morgan fingerprint density at radius 3 is 2.44 bits per heavy atom. The number of morpholine rings is 1. The van der Waals surface area contributed by atoms with Crippen LogP contribution >= 0.6 is 12.2 Å². The van der Waals surface area contributed by atoms with Crippen LogP contribution in [0.1, 0.15) is 39.5 Å². The molecular weight excluding hydrogens is 422 g/mol. The number of rotatable bonds is 6. The Hall–Kier alpha value is -1.71. The summed E-state index contributed by atoms with van der Waals surface area (Å²) in [5.41, 5.74) is 0. The zero-order valence-electron chi connectivity index (χ0n) is 19.7. The van der Waals surface area contributed by atoms with Gasteiger partial charge in [0.2, 0.25) is 5.95 Å². The van der Waals surface area contributed by atoms with Gasteiger partial charge in [0.05, 0.1) is 13.2 Å². The quantitative estimate of drug-likeness (QED) is 0.622. The van der Waals surface area contributed by atoms with Gasteiger partial charge in [0.25, 0.3) is 0 Å². The maximum absolute atomic E-state index is 5.56. The first-order valence-electron chi connectivity index (χ1n) is 12.3. The minimum absolute atomic E-state index is 0.584. The predicted octanol–water partition coefficient (Wildman–Crippen LogP) is 2.57. The molecule has 1 aromatic rings. The topological polar surface area (TPSA) is 68.8 Å². The molecule has 1 aromatic heterocycles. The van der Waals surface area contributed by atoms with Crippen LogP contribution in [0.4, 0.5) is 17.6 Å². The third-order valence-corrected chi connectivity index (χ3v) is 7.08. The maximum Gasteiger partial charge on any atom is 0.232 e. The molecule has 3 fully saturated rings. The second-order valence-corrected chi connectivity index (χ2v) is 10.0. The normalized spacial score (nSPS) is 23.2. The van der Waals surface area contributed by atoms with Gasteiger partial charge in [-0.25, -0.2) is 0 Å². The Labute approximate surface area is 198 Å². The van der Waals surface area contributed by atoms with Crippen LogP contribution in [-0.4, -0.2) is 85.6 Å². The summed E-state index contributed by atoms with van der Waals surface area (Å²) in [6.07, 6.45) is 4.93. The monoisotopic (exact) mass is 461 g/mol. The van der Waals surface area contributed by atoms with E-state index in [1.807, 2.05) is 0 Å². The second kappa shape index (κ2) is 11.4. The van der Waals surface area contributed by atoms with Gasteiger partial charge in [-0.05, 0) is 49.7 Å². The van der Waals surface area contributed by atoms with Crippen LogP contribution in [0.2, 0.25) is 0 Å². The SMILES string of the molecule is CC1CCN(c2cc(N3CCCC(C)C3)nc(NC(=S)NCCN3CCOCC3)n2)CC1. The lowest BCUT2D eigenvalue weighted by atomic mass is 9.99. The second-order valence-electron chi connectivity index (χ2n) is 9.61. The molecule has 0 amide bonds. The first kappa shape index (κ1) is 23.4. The van der Waals surface area contributed by atoms with Crippen molar-refractivity contribution >= 4 is 34.9 Å². The minimum atomic E-state index is 0.584. The number of thiocarbonyl (C=S) groups is 1. The molecular formula is C23H39N7OS. The average Bonchev–Trinajstić information content (AvgIpc) is 2.80. The molecule has 9 heteroatoms. The standard InChI is InChI=1S/C23H39N7OS/c1-18-5-9-29(10-6-18)20-16-21(30-8-3-4-19(2)17-30)26-22(25-20)27-23(32)24-7-11-28-12-14-31-15-13-28/h16,18-19H,3-15,17H2,1-2H3,(H2,24,25,26,27,32). The molecule has 0 spiro atoms. The van der Waals surface area contributed by atoms with Gasteiger partial charge in [-0.3, -0.25) is 4.90 Å². The van der Waals surface area contributed by atoms with Crippen molar-refractivity contribution < 1.29 is 4.74 Å². The molecule has 178 valence electrons. The molecule has 1 atom stereocenters. The summed E-state index contributed by atoms with van der Waals surface area (Å²) in [7, 11) is 0. The Kier molecular flexibility index (Phi) is 8.37. The highest BCUT2D eigenvalue weighted by molar-refractivity contribution is 7.80. The molecule has 0 aliphatic carbocycles. The number of hydrogen-bond donors (Lipinski definition) is 2. The van der Waals surface area contributed by atoms with Gasteiger partial charge in [-0.2, -0.15) is 9.97 Å². The van der Waals surface area contributed by atoms with Crippen molar-refractivity contribution in [3.8, 4) is 0 Å². The Balaban J connectivity index is 1.41. The highest BCUT2D eigenvalue weighted by atomic mass is 32.1. The van der Waals surface area contributed by atoms with E-state index in [0.717, 1.165) is 83.1 Å². The van der Waals surface area contributed by atoms with E-state index in [0.29, 0.717) is 17.0 Å². The van der Waals surface area contributed by atoms with E-state index in [1.54, 1.807) is 0 Å². The summed E-state index contributed by atoms with van der Waals surface area (Å²) in [6, 6.07) is 2.17. The molecule has 1 unspecified atom stereocenters. The first-order chi connectivity index (χ1) is 15.6. The number of anilines is 3. The Morgan fingerprint density at radius 1 is 1.00 bits per heavy atom. The van der Waals surface area contributed by atoms with Gasteiger partial charge < -0.3 is 25.2 Å². The van der Waals surface area contributed by atoms with Crippen molar-refractivity contribution in [1.82, 2.24) is 20.2 Å². The van der Waals surface area contributed by atoms with Crippen molar-refractivity contribution in [2.75, 3.05) is 80.7 Å². The predicted molar refractivity (Wildman–Crippen MR) is 135 cm³/mol. The molecule has 4 heterocycles. The largest absolute Gasteiger partial charge is 0.379 e. The Bertz CT molecular complexity index is 750. The zero-order valence-corrected chi connectivity index (χ0v) is 20.5. The first-order valence-corrected chi connectivity index (χ1v) is 12.7. The molecule has 0 radical (unpaired) electrons. The lowest BCUT2D eigenvalue weighted by Crippen LogP contribution is -2.42. The highest BCUT2D eigenvalue weighted by Gasteiger charge is 2.22. The third-order valence-electron chi connectivity index (χ3n) is 6.83. The summed E-state index contributed by atoms with van der Waals surface area (Å²) in [4.78, 5) is 16.9. The van der Waals surface area contributed by atoms with Crippen molar-refractivity contribution in [2.24, 2.45) is 11.8 Å². The van der Waals surface area contributed by atoms with E-state index in [-0.39, 0.29) is 0 Å². The van der Waals surface area contributed by atoms with Gasteiger partial charge in [-0.1, -0.05) is 13.8 Å². The molecule has 4 rings (SSSR count). The molecule has 0 saturated carbocycles. The average molecular weight is 462 g/mol. The zero-order chi connectivity index (χ0) is 22.3. The van der Waals surface area contributed by atoms with E-state index in [1.165, 1.54) is 25.7 Å². The molecule has 8 nitrogen and oxygen atoms in total. The van der Waals surface area contributed by atoms with Crippen LogP contribution in [0.3, 0.4) is 0 Å². The van der Waals surface area contributed by atoms with Crippen molar-refractivity contribution in [2.45, 2.75) is 39.5 Å². The summed E-state index contributed by atoms with van der Waals surface area (Å²) in [5.74, 6) is 4.10. The molecule has 0 bridgehead atoms. The van der Waals surface area contributed by atoms with Gasteiger partial charge in [0.15, 0.2) is 5.11 Å². The molecule has 0 aromatic carbocycles. The molecule has 3 aliphatic heterocycles. The maximum atomic E-state index is 5.56. The lowest BCUT2D eigenvalue weighted by molar-refractivity contribution is 0.0389. The number of nitrogens with zero attached hydrogens (tertiary/aromatic N) is 5. The summed E-state index contributed by atoms with van der Waals surface area (Å²) >= 11 is 5.56. The Morgan fingerprint density at radius 2 is 1.72 bits per heavy atom. The van der Waals surface area contributed by atoms with E-state index >= 15 is 0 Å². The number of piperidine rings is 2. The number of ether oxygens (including phenoxy) is 1. The van der Waals surface area contributed by atoms with Crippen LogP contribution in [0.25, 0.3) is 0 Å². The fraction of sp³-hybridized carbons (Fsp3) is 0.783.